The van der Waals surface area contributed by atoms with E-state index >= 15 is 0 Å². The molecule has 0 N–H and O–H groups in total. The molecule has 0 aliphatic rings. The minimum absolute atomic E-state index is 0.0211. The van der Waals surface area contributed by atoms with Gasteiger partial charge in [-0.15, -0.1) is 11.8 Å². The van der Waals surface area contributed by atoms with E-state index in [1.807, 2.05) is 18.2 Å². The van der Waals surface area contributed by atoms with E-state index in [1.165, 1.54) is 24.3 Å². The van der Waals surface area contributed by atoms with Crippen molar-refractivity contribution in [1.82, 2.24) is 0 Å². The molecule has 0 bridgehead atoms. The van der Waals surface area contributed by atoms with Crippen LogP contribution in [0.5, 0.6) is 0 Å². The van der Waals surface area contributed by atoms with Crippen molar-refractivity contribution in [2.24, 2.45) is 0 Å². The second kappa shape index (κ2) is 10.7. The summed E-state index contributed by atoms with van der Waals surface area (Å²) in [5.74, 6) is 0.740. The molecule has 0 saturated heterocycles. The molecule has 0 aliphatic carbocycles. The molecule has 0 aliphatic heterocycles. The third kappa shape index (κ3) is 6.13. The van der Waals surface area contributed by atoms with Gasteiger partial charge in [0.15, 0.2) is 24.3 Å². The quantitative estimate of drug-likeness (QED) is 0.260. The number of hydrogen-bond donors (Lipinski definition) is 0. The van der Waals surface area contributed by atoms with Gasteiger partial charge in [-0.25, -0.2) is 16.8 Å². The minimum atomic E-state index is -4.06. The van der Waals surface area contributed by atoms with Gasteiger partial charge in [0, 0.05) is 9.92 Å². The first-order valence-corrected chi connectivity index (χ1v) is 14.2. The van der Waals surface area contributed by atoms with Crippen molar-refractivity contribution in [3.8, 4) is 0 Å². The molecule has 31 heavy (non-hydrogen) atoms. The lowest BCUT2D eigenvalue weighted by molar-refractivity contribution is 0.564. The van der Waals surface area contributed by atoms with E-state index in [4.69, 9.17) is 11.6 Å². The Kier molecular flexibility index (Phi) is 8.22. The van der Waals surface area contributed by atoms with Crippen molar-refractivity contribution in [2.75, 3.05) is 5.75 Å². The average molecular weight is 495 g/mol. The van der Waals surface area contributed by atoms with E-state index < -0.39 is 24.3 Å². The number of thioether (sulfide) groups is 1. The van der Waals surface area contributed by atoms with Crippen LogP contribution in [0, 0.1) is 0 Å². The lowest BCUT2D eigenvalue weighted by Crippen LogP contribution is -2.31. The molecular weight excluding hydrogens is 472 g/mol. The number of hydrogen-bond acceptors (Lipinski definition) is 5. The van der Waals surface area contributed by atoms with Crippen LogP contribution in [-0.4, -0.2) is 27.2 Å². The lowest BCUT2D eigenvalue weighted by Gasteiger charge is -2.18. The molecular formula is C23H23ClO4S3. The highest BCUT2D eigenvalue weighted by Crippen LogP contribution is 2.30. The topological polar surface area (TPSA) is 68.3 Å². The number of benzene rings is 3. The Bertz CT molecular complexity index is 1130. The van der Waals surface area contributed by atoms with Crippen molar-refractivity contribution in [2.45, 2.75) is 38.5 Å². The number of sulfone groups is 2. The summed E-state index contributed by atoms with van der Waals surface area (Å²) in [4.78, 5) is 1.07. The normalized spacial score (nSPS) is 12.2. The van der Waals surface area contributed by atoms with Gasteiger partial charge in [-0.3, -0.25) is 0 Å². The molecule has 164 valence electrons. The van der Waals surface area contributed by atoms with Gasteiger partial charge < -0.3 is 0 Å². The fourth-order valence-corrected chi connectivity index (χ4v) is 9.02. The molecule has 0 fully saturated rings. The third-order valence-corrected chi connectivity index (χ3v) is 11.3. The van der Waals surface area contributed by atoms with E-state index in [2.05, 4.69) is 0 Å². The van der Waals surface area contributed by atoms with Gasteiger partial charge in [0.05, 0.1) is 9.79 Å². The van der Waals surface area contributed by atoms with Crippen LogP contribution in [0.25, 0.3) is 0 Å². The molecule has 0 atom stereocenters. The summed E-state index contributed by atoms with van der Waals surface area (Å²) in [6, 6.07) is 23.1. The van der Waals surface area contributed by atoms with Crippen LogP contribution in [0.2, 0.25) is 5.02 Å². The second-order valence-corrected chi connectivity index (χ2v) is 13.1. The Hall–Kier alpha value is -1.80. The Morgan fingerprint density at radius 2 is 1.26 bits per heavy atom. The first-order chi connectivity index (χ1) is 14.8. The molecule has 0 amide bonds. The van der Waals surface area contributed by atoms with Crippen LogP contribution in [0.15, 0.2) is 99.6 Å². The molecule has 0 heterocycles. The summed E-state index contributed by atoms with van der Waals surface area (Å²) in [7, 11) is -8.13. The standard InChI is InChI=1S/C23H23ClO4S3/c24-19-10-9-11-20(18-19)29-17-8-7-16-23(30(25,26)21-12-3-1-4-13-21)31(27,28)22-14-5-2-6-15-22/h1-6,9-15,18,23H,7-8,16-17H2. The van der Waals surface area contributed by atoms with Gasteiger partial charge in [0.25, 0.3) is 0 Å². The van der Waals surface area contributed by atoms with Crippen molar-refractivity contribution < 1.29 is 16.8 Å². The van der Waals surface area contributed by atoms with Gasteiger partial charge in [0.1, 0.15) is 0 Å². The molecule has 0 saturated carbocycles. The Morgan fingerprint density at radius 3 is 1.77 bits per heavy atom. The van der Waals surface area contributed by atoms with Gasteiger partial charge in [-0.1, -0.05) is 60.5 Å². The van der Waals surface area contributed by atoms with Gasteiger partial charge in [-0.05, 0) is 61.1 Å². The molecule has 4 nitrogen and oxygen atoms in total. The fraction of sp³-hybridized carbons (Fsp3) is 0.217. The fourth-order valence-electron chi connectivity index (χ4n) is 3.16. The largest absolute Gasteiger partial charge is 0.222 e. The third-order valence-electron chi connectivity index (χ3n) is 4.73. The minimum Gasteiger partial charge on any atom is -0.222 e. The summed E-state index contributed by atoms with van der Waals surface area (Å²) in [5.41, 5.74) is 0. The summed E-state index contributed by atoms with van der Waals surface area (Å²) >= 11 is 7.61. The highest BCUT2D eigenvalue weighted by Gasteiger charge is 2.39. The monoisotopic (exact) mass is 494 g/mol. The first-order valence-electron chi connectivity index (χ1n) is 9.78. The zero-order valence-corrected chi connectivity index (χ0v) is 19.9. The van der Waals surface area contributed by atoms with Crippen molar-refractivity contribution in [3.63, 3.8) is 0 Å². The maximum atomic E-state index is 13.3. The van der Waals surface area contributed by atoms with Gasteiger partial charge in [-0.2, -0.15) is 0 Å². The van der Waals surface area contributed by atoms with E-state index in [-0.39, 0.29) is 16.2 Å². The highest BCUT2D eigenvalue weighted by molar-refractivity contribution is 8.09. The van der Waals surface area contributed by atoms with Gasteiger partial charge >= 0.3 is 0 Å². The molecule has 0 aromatic heterocycles. The van der Waals surface area contributed by atoms with Crippen LogP contribution >= 0.6 is 23.4 Å². The van der Waals surface area contributed by atoms with E-state index in [9.17, 15) is 16.8 Å². The number of halogens is 1. The van der Waals surface area contributed by atoms with E-state index in [0.717, 1.165) is 10.6 Å². The number of rotatable bonds is 10. The summed E-state index contributed by atoms with van der Waals surface area (Å²) in [6.07, 6.45) is 1.18. The lowest BCUT2D eigenvalue weighted by atomic mass is 10.3. The summed E-state index contributed by atoms with van der Waals surface area (Å²) < 4.78 is 51.6. The second-order valence-electron chi connectivity index (χ2n) is 6.95. The molecule has 3 aromatic carbocycles. The van der Waals surface area contributed by atoms with Crippen LogP contribution in [0.3, 0.4) is 0 Å². The van der Waals surface area contributed by atoms with Crippen LogP contribution < -0.4 is 0 Å². The van der Waals surface area contributed by atoms with E-state index in [1.54, 1.807) is 54.2 Å². The van der Waals surface area contributed by atoms with E-state index in [0.29, 0.717) is 17.9 Å². The molecule has 8 heteroatoms. The highest BCUT2D eigenvalue weighted by atomic mass is 35.5. The molecule has 0 spiro atoms. The Labute approximate surface area is 193 Å². The zero-order valence-electron chi connectivity index (χ0n) is 16.7. The summed E-state index contributed by atoms with van der Waals surface area (Å²) in [6.45, 7) is 0. The summed E-state index contributed by atoms with van der Waals surface area (Å²) in [5, 5.41) is 0.660. The predicted octanol–water partition coefficient (Wildman–Crippen LogP) is 5.88. The zero-order chi connectivity index (χ0) is 22.3. The van der Waals surface area contributed by atoms with Crippen LogP contribution in [-0.2, 0) is 19.7 Å². The Morgan fingerprint density at radius 1 is 0.710 bits per heavy atom. The molecule has 3 aromatic rings. The predicted molar refractivity (Wildman–Crippen MR) is 127 cm³/mol. The van der Waals surface area contributed by atoms with Crippen LogP contribution in [0.4, 0.5) is 0 Å². The smallest absolute Gasteiger partial charge is 0.195 e. The molecule has 0 unspecified atom stereocenters. The van der Waals surface area contributed by atoms with Crippen LogP contribution in [0.1, 0.15) is 19.3 Å². The van der Waals surface area contributed by atoms with Crippen molar-refractivity contribution in [1.29, 1.82) is 0 Å². The molecule has 0 radical (unpaired) electrons. The maximum Gasteiger partial charge on any atom is 0.195 e. The SMILES string of the molecule is O=S(=O)(c1ccccc1)C(CCCCSc1cccc(Cl)c1)S(=O)(=O)c1ccccc1. The van der Waals surface area contributed by atoms with Crippen molar-refractivity contribution in [3.05, 3.63) is 90.0 Å². The van der Waals surface area contributed by atoms with Crippen molar-refractivity contribution >= 4 is 43.0 Å². The molecule has 3 rings (SSSR count). The number of unbranched alkanes of at least 4 members (excludes halogenated alkanes) is 1. The van der Waals surface area contributed by atoms with Gasteiger partial charge in [0.2, 0.25) is 0 Å². The Balaban J connectivity index is 1.77. The first kappa shape index (κ1) is 23.9. The average Bonchev–Trinajstić information content (AvgIpc) is 2.77. The maximum absolute atomic E-state index is 13.3.